The Bertz CT molecular complexity index is 1270. The van der Waals surface area contributed by atoms with Crippen LogP contribution in [-0.2, 0) is 13.6 Å². The number of aliphatic hydroxyl groups excluding tert-OH is 1. The molecule has 6 heteroatoms. The number of ether oxygens (including phenoxy) is 2. The number of benzene rings is 3. The molecule has 0 amide bonds. The maximum Gasteiger partial charge on any atom is 0.222 e. The van der Waals surface area contributed by atoms with Gasteiger partial charge >= 0.3 is 0 Å². The lowest BCUT2D eigenvalue weighted by molar-refractivity contribution is 0.106. The smallest absolute Gasteiger partial charge is 0.222 e. The van der Waals surface area contributed by atoms with Crippen molar-refractivity contribution in [3.05, 3.63) is 96.1 Å². The van der Waals surface area contributed by atoms with Gasteiger partial charge in [-0.3, -0.25) is 4.90 Å². The minimum atomic E-state index is -0.565. The summed E-state index contributed by atoms with van der Waals surface area (Å²) in [5.41, 5.74) is 3.87. The molecule has 1 unspecified atom stereocenters. The van der Waals surface area contributed by atoms with Crippen LogP contribution >= 0.6 is 0 Å². The van der Waals surface area contributed by atoms with Crippen molar-refractivity contribution in [3.8, 4) is 28.6 Å². The number of hydrogen-bond acceptors (Lipinski definition) is 5. The highest BCUT2D eigenvalue weighted by molar-refractivity contribution is 5.65. The Kier molecular flexibility index (Phi) is 7.35. The lowest BCUT2D eigenvalue weighted by Crippen LogP contribution is -2.30. The summed E-state index contributed by atoms with van der Waals surface area (Å²) in [6.07, 6.45) is 1.91. The molecule has 1 fully saturated rings. The number of aryl methyl sites for hydroxylation is 1. The van der Waals surface area contributed by atoms with Crippen molar-refractivity contribution in [2.24, 2.45) is 13.0 Å². The number of nitrogens with zero attached hydrogens (tertiary/aromatic N) is 3. The van der Waals surface area contributed by atoms with E-state index in [1.54, 1.807) is 11.8 Å². The summed E-state index contributed by atoms with van der Waals surface area (Å²) in [5.74, 6) is 2.79. The molecule has 1 aliphatic carbocycles. The fourth-order valence-electron chi connectivity index (χ4n) is 4.54. The van der Waals surface area contributed by atoms with Gasteiger partial charge in [0.2, 0.25) is 5.88 Å². The van der Waals surface area contributed by atoms with Gasteiger partial charge in [0.25, 0.3) is 0 Å². The molecule has 36 heavy (non-hydrogen) atoms. The van der Waals surface area contributed by atoms with E-state index in [1.807, 2.05) is 79.8 Å². The van der Waals surface area contributed by atoms with E-state index in [0.29, 0.717) is 30.6 Å². The molecule has 1 aromatic heterocycles. The molecule has 186 valence electrons. The molecule has 6 nitrogen and oxygen atoms in total. The first-order valence-electron chi connectivity index (χ1n) is 12.5. The maximum absolute atomic E-state index is 11.0. The van der Waals surface area contributed by atoms with Gasteiger partial charge in [0, 0.05) is 38.3 Å². The Morgan fingerprint density at radius 3 is 2.36 bits per heavy atom. The number of aromatic nitrogens is 2. The van der Waals surface area contributed by atoms with Crippen LogP contribution in [0.15, 0.2) is 84.9 Å². The third kappa shape index (κ3) is 5.78. The van der Waals surface area contributed by atoms with Crippen molar-refractivity contribution in [1.29, 1.82) is 0 Å². The quantitative estimate of drug-likeness (QED) is 0.291. The van der Waals surface area contributed by atoms with Crippen LogP contribution in [0.3, 0.4) is 0 Å². The van der Waals surface area contributed by atoms with Crippen LogP contribution in [0, 0.1) is 5.92 Å². The Morgan fingerprint density at radius 2 is 1.67 bits per heavy atom. The highest BCUT2D eigenvalue weighted by Crippen LogP contribution is 2.37. The van der Waals surface area contributed by atoms with Gasteiger partial charge in [0.05, 0.1) is 18.8 Å². The van der Waals surface area contributed by atoms with Crippen LogP contribution in [0.4, 0.5) is 0 Å². The molecule has 3 aromatic carbocycles. The molecule has 1 aliphatic rings. The summed E-state index contributed by atoms with van der Waals surface area (Å²) in [4.78, 5) is 2.34. The molecule has 0 aliphatic heterocycles. The SMILES string of the molecule is COc1cccc(Oc2c(CN(CC3CC3)CC(O)c3ccccc3)c(-c3ccccc3)nn2C)c1. The van der Waals surface area contributed by atoms with Gasteiger partial charge < -0.3 is 14.6 Å². The molecule has 1 heterocycles. The summed E-state index contributed by atoms with van der Waals surface area (Å²) in [5, 5.41) is 15.9. The fourth-order valence-corrected chi connectivity index (χ4v) is 4.54. The summed E-state index contributed by atoms with van der Waals surface area (Å²) >= 11 is 0. The van der Waals surface area contributed by atoms with E-state index in [2.05, 4.69) is 17.0 Å². The number of hydrogen-bond donors (Lipinski definition) is 1. The predicted octanol–water partition coefficient (Wildman–Crippen LogP) is 5.83. The molecule has 5 rings (SSSR count). The van der Waals surface area contributed by atoms with Gasteiger partial charge in [-0.15, -0.1) is 0 Å². The van der Waals surface area contributed by atoms with Gasteiger partial charge in [-0.2, -0.15) is 5.10 Å². The third-order valence-corrected chi connectivity index (χ3v) is 6.60. The van der Waals surface area contributed by atoms with Gasteiger partial charge in [0.1, 0.15) is 17.2 Å². The van der Waals surface area contributed by atoms with Gasteiger partial charge in [-0.25, -0.2) is 4.68 Å². The Balaban J connectivity index is 1.49. The summed E-state index contributed by atoms with van der Waals surface area (Å²) < 4.78 is 13.6. The van der Waals surface area contributed by atoms with Crippen LogP contribution in [0.5, 0.6) is 17.4 Å². The molecule has 0 saturated heterocycles. The zero-order valence-electron chi connectivity index (χ0n) is 20.9. The second-order valence-electron chi connectivity index (χ2n) is 9.47. The third-order valence-electron chi connectivity index (χ3n) is 6.60. The second kappa shape index (κ2) is 11.0. The molecular formula is C30H33N3O3. The highest BCUT2D eigenvalue weighted by Gasteiger charge is 2.29. The average molecular weight is 484 g/mol. The number of rotatable bonds is 11. The van der Waals surface area contributed by atoms with Crippen LogP contribution < -0.4 is 9.47 Å². The van der Waals surface area contributed by atoms with Crippen molar-refractivity contribution in [1.82, 2.24) is 14.7 Å². The lowest BCUT2D eigenvalue weighted by atomic mass is 10.1. The first-order chi connectivity index (χ1) is 17.6. The molecule has 0 radical (unpaired) electrons. The maximum atomic E-state index is 11.0. The zero-order valence-corrected chi connectivity index (χ0v) is 20.9. The predicted molar refractivity (Wildman–Crippen MR) is 141 cm³/mol. The minimum Gasteiger partial charge on any atom is -0.497 e. The first-order valence-corrected chi connectivity index (χ1v) is 12.5. The fraction of sp³-hybridized carbons (Fsp3) is 0.300. The molecule has 0 spiro atoms. The monoisotopic (exact) mass is 483 g/mol. The van der Waals surface area contributed by atoms with Crippen molar-refractivity contribution in [2.45, 2.75) is 25.5 Å². The van der Waals surface area contributed by atoms with E-state index in [9.17, 15) is 5.11 Å². The molecule has 1 atom stereocenters. The summed E-state index contributed by atoms with van der Waals surface area (Å²) in [7, 11) is 3.56. The van der Waals surface area contributed by atoms with E-state index in [0.717, 1.165) is 34.7 Å². The highest BCUT2D eigenvalue weighted by atomic mass is 16.5. The molecular weight excluding hydrogens is 450 g/mol. The van der Waals surface area contributed by atoms with Crippen molar-refractivity contribution in [3.63, 3.8) is 0 Å². The van der Waals surface area contributed by atoms with Gasteiger partial charge in [-0.1, -0.05) is 66.7 Å². The minimum absolute atomic E-state index is 0.544. The van der Waals surface area contributed by atoms with Crippen LogP contribution in [0.2, 0.25) is 0 Å². The van der Waals surface area contributed by atoms with E-state index >= 15 is 0 Å². The summed E-state index contributed by atoms with van der Waals surface area (Å²) in [6, 6.07) is 27.7. The molecule has 1 N–H and O–H groups in total. The van der Waals surface area contributed by atoms with Crippen LogP contribution in [0.1, 0.15) is 30.1 Å². The first kappa shape index (κ1) is 24.1. The number of aliphatic hydroxyl groups is 1. The Hall–Kier alpha value is -3.61. The largest absolute Gasteiger partial charge is 0.497 e. The van der Waals surface area contributed by atoms with E-state index in [4.69, 9.17) is 14.6 Å². The Morgan fingerprint density at radius 1 is 0.972 bits per heavy atom. The van der Waals surface area contributed by atoms with Crippen molar-refractivity contribution in [2.75, 3.05) is 20.2 Å². The van der Waals surface area contributed by atoms with E-state index < -0.39 is 6.10 Å². The van der Waals surface area contributed by atoms with E-state index in [1.165, 1.54) is 12.8 Å². The second-order valence-corrected chi connectivity index (χ2v) is 9.47. The molecule has 1 saturated carbocycles. The Labute approximate surface area is 212 Å². The van der Waals surface area contributed by atoms with Crippen LogP contribution in [0.25, 0.3) is 11.3 Å². The lowest BCUT2D eigenvalue weighted by Gasteiger charge is -2.26. The molecule has 4 aromatic rings. The average Bonchev–Trinajstić information content (AvgIpc) is 3.69. The number of methoxy groups -OCH3 is 1. The normalized spacial score (nSPS) is 14.1. The van der Waals surface area contributed by atoms with Crippen molar-refractivity contribution >= 4 is 0 Å². The van der Waals surface area contributed by atoms with Crippen molar-refractivity contribution < 1.29 is 14.6 Å². The summed E-state index contributed by atoms with van der Waals surface area (Å²) in [6.45, 7) is 2.10. The standard InChI is InChI=1S/C30H33N3O3/c1-32-30(36-26-15-9-14-25(18-26)35-2)27(29(31-32)24-12-7-4-8-13-24)20-33(19-22-16-17-22)21-28(34)23-10-5-3-6-11-23/h3-15,18,22,28,34H,16-17,19-21H2,1-2H3. The van der Waals surface area contributed by atoms with E-state index in [-0.39, 0.29) is 0 Å². The van der Waals surface area contributed by atoms with Crippen LogP contribution in [-0.4, -0.2) is 40.0 Å². The zero-order chi connectivity index (χ0) is 24.9. The van der Waals surface area contributed by atoms with Gasteiger partial charge in [-0.05, 0) is 36.5 Å². The topological polar surface area (TPSA) is 59.8 Å². The molecule has 0 bridgehead atoms. The van der Waals surface area contributed by atoms with Gasteiger partial charge in [0.15, 0.2) is 0 Å².